The normalized spacial score (nSPS) is 25.0. The van der Waals surface area contributed by atoms with Crippen molar-refractivity contribution in [2.75, 3.05) is 40.9 Å². The molecule has 6 aliphatic rings. The Morgan fingerprint density at radius 3 is 1.85 bits per heavy atom. The van der Waals surface area contributed by atoms with Crippen molar-refractivity contribution in [3.05, 3.63) is 125 Å². The van der Waals surface area contributed by atoms with Crippen molar-refractivity contribution >= 4 is 28.9 Å². The summed E-state index contributed by atoms with van der Waals surface area (Å²) >= 11 is 0. The fourth-order valence-corrected chi connectivity index (χ4v) is 10.4. The third-order valence-electron chi connectivity index (χ3n) is 12.7. The first-order valence-corrected chi connectivity index (χ1v) is 19.7. The number of aryl methyl sites for hydroxylation is 2. The Labute approximate surface area is 308 Å². The number of carbonyl (C=O) groups excluding carboxylic acids is 2. The summed E-state index contributed by atoms with van der Waals surface area (Å²) < 4.78 is 2.15. The summed E-state index contributed by atoms with van der Waals surface area (Å²) in [5, 5.41) is 0. The fraction of sp³-hybridized carbons (Fsp3) is 0.391. The average Bonchev–Trinajstić information content (AvgIpc) is 3.66. The van der Waals surface area contributed by atoms with Crippen molar-refractivity contribution in [2.45, 2.75) is 58.3 Å². The van der Waals surface area contributed by atoms with Crippen LogP contribution in [0.2, 0.25) is 0 Å². The lowest BCUT2D eigenvalue weighted by Gasteiger charge is -2.52. The highest BCUT2D eigenvalue weighted by Crippen LogP contribution is 2.58. The minimum absolute atomic E-state index is 0.122. The van der Waals surface area contributed by atoms with E-state index in [9.17, 15) is 9.59 Å². The van der Waals surface area contributed by atoms with Crippen LogP contribution in [0.5, 0.6) is 0 Å². The topological polar surface area (TPSA) is 48.8 Å². The van der Waals surface area contributed by atoms with Crippen molar-refractivity contribution < 1.29 is 9.59 Å². The van der Waals surface area contributed by atoms with E-state index >= 15 is 0 Å². The van der Waals surface area contributed by atoms with Gasteiger partial charge in [0.1, 0.15) is 0 Å². The van der Waals surface area contributed by atoms with Crippen molar-refractivity contribution in [3.8, 4) is 11.3 Å². The summed E-state index contributed by atoms with van der Waals surface area (Å²) in [6.45, 7) is 6.00. The molecular weight excluding hydrogens is 641 g/mol. The van der Waals surface area contributed by atoms with Crippen LogP contribution in [0.1, 0.15) is 56.6 Å². The lowest BCUT2D eigenvalue weighted by Crippen LogP contribution is -2.46. The molecule has 3 aromatic carbocycles. The summed E-state index contributed by atoms with van der Waals surface area (Å²) in [6.07, 6.45) is 13.1. The van der Waals surface area contributed by atoms with E-state index in [1.54, 1.807) is 0 Å². The molecule has 2 saturated heterocycles. The number of anilines is 3. The molecule has 0 atom stereocenters. The highest BCUT2D eigenvalue weighted by atomic mass is 16.2. The molecule has 6 heteroatoms. The second kappa shape index (κ2) is 13.6. The Hall–Kier alpha value is -4.84. The number of nitrogens with zero attached hydrogens (tertiary/aromatic N) is 4. The summed E-state index contributed by atoms with van der Waals surface area (Å²) in [6, 6.07) is 29.8. The van der Waals surface area contributed by atoms with Gasteiger partial charge < -0.3 is 14.4 Å². The van der Waals surface area contributed by atoms with E-state index < -0.39 is 0 Å². The van der Waals surface area contributed by atoms with Gasteiger partial charge in [-0.25, -0.2) is 4.90 Å². The summed E-state index contributed by atoms with van der Waals surface area (Å²) in [5.74, 6) is 2.13. The van der Waals surface area contributed by atoms with Crippen molar-refractivity contribution in [1.82, 2.24) is 4.57 Å². The van der Waals surface area contributed by atoms with Crippen molar-refractivity contribution in [1.29, 1.82) is 0 Å². The molecule has 6 nitrogen and oxygen atoms in total. The standard InChI is InChI=1S/C46H50N4O2/c1-3-7-31-10-13-38(14-11-31)48-20-22-49(23-21-48)39-15-17-40(18-16-39)50-45(51)41(19-12-32-29-42(47(2)30-32)35-8-5-4-6-9-35)44(46(50)52)43-36-25-33-24-34(27-36)28-37(43)26-33/h4-6,8-11,13-19,29-30,33-34,36-37H,3,7,12,20-28H2,1-2H3. The zero-order valence-electron chi connectivity index (χ0n) is 30.6. The summed E-state index contributed by atoms with van der Waals surface area (Å²) in [5.41, 5.74) is 10.6. The van der Waals surface area contributed by atoms with Gasteiger partial charge in [0.25, 0.3) is 11.8 Å². The number of allylic oxidation sites excluding steroid dienone is 2. The number of rotatable bonds is 8. The minimum Gasteiger partial charge on any atom is -0.368 e. The van der Waals surface area contributed by atoms with Crippen LogP contribution >= 0.6 is 0 Å². The number of amides is 2. The molecule has 266 valence electrons. The molecule has 4 aromatic rings. The van der Waals surface area contributed by atoms with E-state index in [1.807, 2.05) is 18.2 Å². The number of carbonyl (C=O) groups is 2. The maximum atomic E-state index is 14.6. The largest absolute Gasteiger partial charge is 0.368 e. The van der Waals surface area contributed by atoms with Gasteiger partial charge in [-0.3, -0.25) is 9.59 Å². The van der Waals surface area contributed by atoms with Gasteiger partial charge in [-0.15, -0.1) is 0 Å². The molecule has 2 amide bonds. The maximum absolute atomic E-state index is 14.6. The summed E-state index contributed by atoms with van der Waals surface area (Å²) in [7, 11) is 2.07. The van der Waals surface area contributed by atoms with E-state index in [-0.39, 0.29) is 11.8 Å². The van der Waals surface area contributed by atoms with E-state index in [1.165, 1.54) is 65.8 Å². The Bertz CT molecular complexity index is 2000. The molecule has 0 N–H and O–H groups in total. The number of benzene rings is 3. The van der Waals surface area contributed by atoms with Crippen molar-refractivity contribution in [2.24, 2.45) is 30.7 Å². The monoisotopic (exact) mass is 690 g/mol. The second-order valence-corrected chi connectivity index (χ2v) is 16.0. The third-order valence-corrected chi connectivity index (χ3v) is 12.7. The molecule has 4 bridgehead atoms. The van der Waals surface area contributed by atoms with E-state index in [0.29, 0.717) is 29.5 Å². The predicted octanol–water partition coefficient (Wildman–Crippen LogP) is 8.77. The quantitative estimate of drug-likeness (QED) is 0.137. The zero-order chi connectivity index (χ0) is 35.3. The van der Waals surface area contributed by atoms with E-state index in [0.717, 1.165) is 67.0 Å². The van der Waals surface area contributed by atoms with Gasteiger partial charge in [-0.05, 0) is 128 Å². The zero-order valence-corrected chi connectivity index (χ0v) is 30.6. The Morgan fingerprint density at radius 1 is 0.673 bits per heavy atom. The smallest absolute Gasteiger partial charge is 0.266 e. The van der Waals surface area contributed by atoms with Crippen LogP contribution in [0, 0.1) is 23.7 Å². The molecule has 3 heterocycles. The fourth-order valence-electron chi connectivity index (χ4n) is 10.4. The molecule has 2 aliphatic heterocycles. The minimum atomic E-state index is -0.174. The molecule has 4 saturated carbocycles. The summed E-state index contributed by atoms with van der Waals surface area (Å²) in [4.78, 5) is 35.4. The number of hydrogen-bond donors (Lipinski definition) is 0. The van der Waals surface area contributed by atoms with Crippen molar-refractivity contribution in [3.63, 3.8) is 0 Å². The molecule has 10 rings (SSSR count). The van der Waals surface area contributed by atoms with Gasteiger partial charge >= 0.3 is 0 Å². The van der Waals surface area contributed by atoms with Crippen LogP contribution in [-0.4, -0.2) is 42.6 Å². The van der Waals surface area contributed by atoms with Crippen LogP contribution in [0.25, 0.3) is 11.3 Å². The van der Waals surface area contributed by atoms with Gasteiger partial charge in [0.15, 0.2) is 0 Å². The Kier molecular flexibility index (Phi) is 8.65. The maximum Gasteiger partial charge on any atom is 0.266 e. The Balaban J connectivity index is 0.971. The van der Waals surface area contributed by atoms with E-state index in [2.05, 4.69) is 107 Å². The molecule has 4 aliphatic carbocycles. The first kappa shape index (κ1) is 33.0. The Morgan fingerprint density at radius 2 is 1.25 bits per heavy atom. The van der Waals surface area contributed by atoms with Crippen LogP contribution in [0.3, 0.4) is 0 Å². The number of aromatic nitrogens is 1. The second-order valence-electron chi connectivity index (χ2n) is 16.0. The van der Waals surface area contributed by atoms with Crippen LogP contribution in [0.15, 0.2) is 114 Å². The van der Waals surface area contributed by atoms with Crippen LogP contribution in [-0.2, 0) is 29.5 Å². The third kappa shape index (κ3) is 6.00. The van der Waals surface area contributed by atoms with Crippen LogP contribution < -0.4 is 14.7 Å². The highest BCUT2D eigenvalue weighted by molar-refractivity contribution is 6.37. The van der Waals surface area contributed by atoms with Gasteiger partial charge in [0.05, 0.1) is 11.3 Å². The molecule has 0 spiro atoms. The SMILES string of the molecule is CCCc1ccc(N2CCN(c3ccc(N4C(=O)C(=CCc5cc(-c6ccccc6)n(C)c5)C(=C5C6CC7CC(C6)CC5C7)C4=O)cc3)CC2)cc1. The number of imide groups is 1. The lowest BCUT2D eigenvalue weighted by molar-refractivity contribution is -0.119. The predicted molar refractivity (Wildman–Crippen MR) is 211 cm³/mol. The number of piperazine rings is 1. The van der Waals surface area contributed by atoms with Crippen LogP contribution in [0.4, 0.5) is 17.1 Å². The molecule has 1 aromatic heterocycles. The highest BCUT2D eigenvalue weighted by Gasteiger charge is 2.50. The van der Waals surface area contributed by atoms with Gasteiger partial charge in [0, 0.05) is 62.1 Å². The van der Waals surface area contributed by atoms with Gasteiger partial charge in [0.2, 0.25) is 0 Å². The molecule has 0 unspecified atom stereocenters. The molecule has 0 radical (unpaired) electrons. The first-order valence-electron chi connectivity index (χ1n) is 19.7. The van der Waals surface area contributed by atoms with Gasteiger partial charge in [-0.2, -0.15) is 0 Å². The first-order chi connectivity index (χ1) is 25.4. The van der Waals surface area contributed by atoms with E-state index in [4.69, 9.17) is 0 Å². The molecular formula is C46H50N4O2. The van der Waals surface area contributed by atoms with Gasteiger partial charge in [-0.1, -0.05) is 67.5 Å². The average molecular weight is 691 g/mol. The molecule has 52 heavy (non-hydrogen) atoms. The lowest BCUT2D eigenvalue weighted by atomic mass is 9.53. The molecule has 6 fully saturated rings. The number of hydrogen-bond acceptors (Lipinski definition) is 4.